The second-order valence-electron chi connectivity index (χ2n) is 10.9. The van der Waals surface area contributed by atoms with Gasteiger partial charge < -0.3 is 20.1 Å². The molecule has 0 radical (unpaired) electrons. The summed E-state index contributed by atoms with van der Waals surface area (Å²) in [7, 11) is 3.26. The minimum atomic E-state index is -1.38. The first-order valence-electron chi connectivity index (χ1n) is 15.2. The Morgan fingerprint density at radius 2 is 1.50 bits per heavy atom. The zero-order valence-corrected chi connectivity index (χ0v) is 27.6. The number of aromatic nitrogens is 1. The van der Waals surface area contributed by atoms with Crippen molar-refractivity contribution in [3.05, 3.63) is 83.7 Å². The molecule has 238 valence electrons. The van der Waals surface area contributed by atoms with Crippen molar-refractivity contribution in [2.24, 2.45) is 5.41 Å². The standard InChI is InChI=1S/C19H21FN2O2.C12H13NO2.C3H8.C2H6/c1-13-3-5-14(6-4-13)21-16(23)19(11-12-19)17(24)22-15-7-9-18(2,20)10-8-15;1-8-4-5-13-10-7-12(15-3)11(14-2)6-9(8)10;1-3-2;1-2/h3-9H,10-12H2,1-2H3,(H,21,23)(H,22,24);4-7H,1-3H3;3H2,1-2H3;1-2H3. The first-order chi connectivity index (χ1) is 21.0. The molecule has 3 aromatic rings. The molecule has 1 heterocycles. The number of carbonyl (C=O) groups excluding carboxylic acids is 2. The van der Waals surface area contributed by atoms with Crippen LogP contribution in [-0.4, -0.2) is 36.7 Å². The number of benzene rings is 2. The third-order valence-corrected chi connectivity index (χ3v) is 6.98. The van der Waals surface area contributed by atoms with Crippen molar-refractivity contribution in [1.29, 1.82) is 0 Å². The molecule has 1 unspecified atom stereocenters. The monoisotopic (exact) mass is 605 g/mol. The predicted octanol–water partition coefficient (Wildman–Crippen LogP) is 8.40. The van der Waals surface area contributed by atoms with Gasteiger partial charge in [-0.2, -0.15) is 0 Å². The maximum atomic E-state index is 13.7. The topological polar surface area (TPSA) is 89.6 Å². The van der Waals surface area contributed by atoms with E-state index >= 15 is 0 Å². The quantitative estimate of drug-likeness (QED) is 0.276. The highest BCUT2D eigenvalue weighted by molar-refractivity contribution is 6.13. The molecular formula is C36H48FN3O4. The first-order valence-corrected chi connectivity index (χ1v) is 15.2. The van der Waals surface area contributed by atoms with Crippen LogP contribution in [0, 0.1) is 19.3 Å². The zero-order chi connectivity index (χ0) is 32.9. The van der Waals surface area contributed by atoms with Gasteiger partial charge in [0.15, 0.2) is 11.5 Å². The van der Waals surface area contributed by atoms with Crippen LogP contribution < -0.4 is 20.1 Å². The van der Waals surface area contributed by atoms with Gasteiger partial charge in [-0.3, -0.25) is 14.6 Å². The second kappa shape index (κ2) is 16.6. The molecule has 2 aromatic carbocycles. The molecule has 1 atom stereocenters. The maximum Gasteiger partial charge on any atom is 0.240 e. The van der Waals surface area contributed by atoms with E-state index in [1.54, 1.807) is 32.6 Å². The van der Waals surface area contributed by atoms with E-state index < -0.39 is 11.1 Å². The fourth-order valence-electron chi connectivity index (χ4n) is 4.23. The average molecular weight is 606 g/mol. The van der Waals surface area contributed by atoms with Crippen LogP contribution in [0.3, 0.4) is 0 Å². The van der Waals surface area contributed by atoms with E-state index in [9.17, 15) is 14.0 Å². The number of pyridine rings is 1. The highest BCUT2D eigenvalue weighted by Gasteiger charge is 2.56. The Morgan fingerprint density at radius 3 is 2.02 bits per heavy atom. The minimum Gasteiger partial charge on any atom is -0.493 e. The summed E-state index contributed by atoms with van der Waals surface area (Å²) in [4.78, 5) is 29.3. The van der Waals surface area contributed by atoms with Crippen molar-refractivity contribution in [3.63, 3.8) is 0 Å². The fraction of sp³-hybridized carbons (Fsp3) is 0.417. The number of carbonyl (C=O) groups is 2. The lowest BCUT2D eigenvalue weighted by atomic mass is 9.97. The average Bonchev–Trinajstić information content (AvgIpc) is 3.83. The number of methoxy groups -OCH3 is 2. The Labute approximate surface area is 261 Å². The summed E-state index contributed by atoms with van der Waals surface area (Å²) >= 11 is 0. The summed E-state index contributed by atoms with van der Waals surface area (Å²) in [6.07, 6.45) is 8.92. The van der Waals surface area contributed by atoms with Gasteiger partial charge in [0.25, 0.3) is 0 Å². The molecule has 2 aliphatic carbocycles. The van der Waals surface area contributed by atoms with Crippen LogP contribution in [0.25, 0.3) is 10.9 Å². The molecule has 5 rings (SSSR count). The number of hydrogen-bond donors (Lipinski definition) is 2. The van der Waals surface area contributed by atoms with Crippen LogP contribution in [0.2, 0.25) is 0 Å². The number of hydrogen-bond acceptors (Lipinski definition) is 5. The molecule has 2 N–H and O–H groups in total. The number of ether oxygens (including phenoxy) is 2. The lowest BCUT2D eigenvalue weighted by Crippen LogP contribution is -2.39. The number of anilines is 1. The van der Waals surface area contributed by atoms with Gasteiger partial charge in [-0.05, 0) is 75.6 Å². The number of nitrogens with zero attached hydrogens (tertiary/aromatic N) is 1. The molecule has 44 heavy (non-hydrogen) atoms. The Morgan fingerprint density at radius 1 is 0.932 bits per heavy atom. The van der Waals surface area contributed by atoms with Crippen molar-refractivity contribution in [3.8, 4) is 11.5 Å². The number of nitrogens with one attached hydrogen (secondary N) is 2. The summed E-state index contributed by atoms with van der Waals surface area (Å²) in [5, 5.41) is 6.64. The lowest BCUT2D eigenvalue weighted by molar-refractivity contribution is -0.133. The van der Waals surface area contributed by atoms with E-state index in [0.717, 1.165) is 22.2 Å². The number of rotatable bonds is 6. The molecule has 0 bridgehead atoms. The van der Waals surface area contributed by atoms with Crippen molar-refractivity contribution >= 4 is 28.4 Å². The molecule has 7 nitrogen and oxygen atoms in total. The van der Waals surface area contributed by atoms with Crippen LogP contribution in [0.1, 0.15) is 71.4 Å². The largest absolute Gasteiger partial charge is 0.493 e. The van der Waals surface area contributed by atoms with E-state index in [0.29, 0.717) is 30.0 Å². The molecule has 0 saturated heterocycles. The number of fused-ring (bicyclic) bond motifs is 1. The lowest BCUT2D eigenvalue weighted by Gasteiger charge is -2.21. The van der Waals surface area contributed by atoms with Crippen molar-refractivity contribution in [2.75, 3.05) is 19.5 Å². The molecule has 1 saturated carbocycles. The van der Waals surface area contributed by atoms with Gasteiger partial charge >= 0.3 is 0 Å². The minimum absolute atomic E-state index is 0.210. The molecule has 0 spiro atoms. The molecule has 2 amide bonds. The smallest absolute Gasteiger partial charge is 0.240 e. The van der Waals surface area contributed by atoms with E-state index in [-0.39, 0.29) is 18.2 Å². The van der Waals surface area contributed by atoms with Gasteiger partial charge in [0, 0.05) is 35.5 Å². The normalized spacial score (nSPS) is 17.2. The number of alkyl halides is 1. The Balaban J connectivity index is 0.000000289. The van der Waals surface area contributed by atoms with E-state index in [2.05, 4.69) is 36.4 Å². The molecule has 2 aliphatic rings. The maximum absolute atomic E-state index is 13.7. The zero-order valence-electron chi connectivity index (χ0n) is 27.6. The number of aryl methyl sites for hydroxylation is 2. The van der Waals surface area contributed by atoms with Crippen LogP contribution in [0.15, 0.2) is 72.6 Å². The third kappa shape index (κ3) is 9.66. The summed E-state index contributed by atoms with van der Waals surface area (Å²) in [6, 6.07) is 13.3. The van der Waals surface area contributed by atoms with Crippen LogP contribution in [-0.2, 0) is 9.59 Å². The molecule has 0 aliphatic heterocycles. The summed E-state index contributed by atoms with van der Waals surface area (Å²) < 4.78 is 24.2. The number of amides is 2. The van der Waals surface area contributed by atoms with E-state index in [1.807, 2.05) is 63.2 Å². The highest BCUT2D eigenvalue weighted by Crippen LogP contribution is 2.47. The Kier molecular flexibility index (Phi) is 13.6. The van der Waals surface area contributed by atoms with E-state index in [1.165, 1.54) is 25.0 Å². The Hall–Kier alpha value is -4.20. The SMILES string of the molecule is CC.CCC.COc1cc2nccc(C)c2cc1OC.Cc1ccc(NC(=O)C2(C(=O)NC3=CCC(C)(F)C=C3)CC2)cc1. The molecular weight excluding hydrogens is 557 g/mol. The second-order valence-corrected chi connectivity index (χ2v) is 10.9. The summed E-state index contributed by atoms with van der Waals surface area (Å²) in [5.41, 5.74) is 2.03. The molecule has 1 fully saturated rings. The van der Waals surface area contributed by atoms with Crippen LogP contribution in [0.4, 0.5) is 10.1 Å². The van der Waals surface area contributed by atoms with Crippen molar-refractivity contribution in [2.45, 2.75) is 79.8 Å². The van der Waals surface area contributed by atoms with Crippen molar-refractivity contribution < 1.29 is 23.5 Å². The number of halogens is 1. The summed E-state index contributed by atoms with van der Waals surface area (Å²) in [5.74, 6) is 0.828. The van der Waals surface area contributed by atoms with Crippen LogP contribution in [0.5, 0.6) is 11.5 Å². The third-order valence-electron chi connectivity index (χ3n) is 6.98. The van der Waals surface area contributed by atoms with Gasteiger partial charge in [0.1, 0.15) is 11.1 Å². The van der Waals surface area contributed by atoms with E-state index in [4.69, 9.17) is 9.47 Å². The Bertz CT molecular complexity index is 1460. The molecule has 8 heteroatoms. The van der Waals surface area contributed by atoms with Gasteiger partial charge in [0.2, 0.25) is 11.8 Å². The first kappa shape index (κ1) is 36.0. The van der Waals surface area contributed by atoms with Crippen LogP contribution >= 0.6 is 0 Å². The van der Waals surface area contributed by atoms with Crippen molar-refractivity contribution in [1.82, 2.24) is 10.3 Å². The molecule has 1 aromatic heterocycles. The van der Waals surface area contributed by atoms with Gasteiger partial charge in [-0.25, -0.2) is 4.39 Å². The highest BCUT2D eigenvalue weighted by atomic mass is 19.1. The predicted molar refractivity (Wildman–Crippen MR) is 178 cm³/mol. The number of allylic oxidation sites excluding steroid dienone is 3. The van der Waals surface area contributed by atoms with Gasteiger partial charge in [-0.1, -0.05) is 57.9 Å². The van der Waals surface area contributed by atoms with Gasteiger partial charge in [-0.15, -0.1) is 0 Å². The fourth-order valence-corrected chi connectivity index (χ4v) is 4.23. The summed E-state index contributed by atoms with van der Waals surface area (Å²) in [6.45, 7) is 13.8. The van der Waals surface area contributed by atoms with Gasteiger partial charge in [0.05, 0.1) is 19.7 Å².